The molecule has 0 amide bonds. The van der Waals surface area contributed by atoms with E-state index in [4.69, 9.17) is 24.8 Å². The zero-order chi connectivity index (χ0) is 18.6. The van der Waals surface area contributed by atoms with Crippen LogP contribution in [0.2, 0.25) is 0 Å². The molecule has 1 saturated heterocycles. The van der Waals surface area contributed by atoms with Crippen LogP contribution in [0, 0.1) is 0 Å². The number of carboxylic acid groups (broad SMARTS) is 1. The Morgan fingerprint density at radius 1 is 1.00 bits per heavy atom. The number of rotatable bonds is 8. The highest BCUT2D eigenvalue weighted by Crippen LogP contribution is 2.24. The summed E-state index contributed by atoms with van der Waals surface area (Å²) in [6.45, 7) is -1.75. The van der Waals surface area contributed by atoms with Gasteiger partial charge in [0, 0.05) is 0 Å². The first-order valence-corrected chi connectivity index (χ1v) is 6.99. The number of aliphatic hydroxyl groups excluding tert-OH is 8. The number of aliphatic carboxylic acids is 1. The minimum atomic E-state index is -2.22. The molecular formula is C12H22O12. The molecule has 9 atom stereocenters. The van der Waals surface area contributed by atoms with Crippen LogP contribution in [-0.4, -0.2) is 120 Å². The molecule has 9 N–H and O–H groups in total. The summed E-state index contributed by atoms with van der Waals surface area (Å²) in [5.74, 6) is -1.80. The molecule has 0 aliphatic carbocycles. The fourth-order valence-corrected chi connectivity index (χ4v) is 2.12. The quantitative estimate of drug-likeness (QED) is 0.198. The van der Waals surface area contributed by atoms with Crippen LogP contribution >= 0.6 is 0 Å². The van der Waals surface area contributed by atoms with Gasteiger partial charge in [-0.1, -0.05) is 0 Å². The Balaban J connectivity index is 2.89. The van der Waals surface area contributed by atoms with Gasteiger partial charge in [0.05, 0.1) is 13.2 Å². The monoisotopic (exact) mass is 358 g/mol. The predicted molar refractivity (Wildman–Crippen MR) is 71.4 cm³/mol. The van der Waals surface area contributed by atoms with Gasteiger partial charge in [0.25, 0.3) is 0 Å². The van der Waals surface area contributed by atoms with Gasteiger partial charge in [-0.05, 0) is 0 Å². The largest absolute Gasteiger partial charge is 0.479 e. The lowest BCUT2D eigenvalue weighted by molar-refractivity contribution is -0.318. The smallest absolute Gasteiger partial charge is 0.335 e. The summed E-state index contributed by atoms with van der Waals surface area (Å²) >= 11 is 0. The van der Waals surface area contributed by atoms with Crippen LogP contribution in [0.5, 0.6) is 0 Å². The van der Waals surface area contributed by atoms with Crippen LogP contribution in [-0.2, 0) is 14.3 Å². The molecule has 0 saturated carbocycles. The predicted octanol–water partition coefficient (Wildman–Crippen LogP) is -5.67. The lowest BCUT2D eigenvalue weighted by atomic mass is 9.99. The van der Waals surface area contributed by atoms with Crippen molar-refractivity contribution in [2.75, 3.05) is 13.2 Å². The SMILES string of the molecule is O=C(O)[C@H](OC1O[C@H](CO)[C@@H](O)[C@H](O)[C@@H]1O)[C@@H](O)[C@H](O)[C@H](O)CO. The van der Waals surface area contributed by atoms with E-state index in [0.717, 1.165) is 0 Å². The zero-order valence-corrected chi connectivity index (χ0v) is 12.4. The minimum absolute atomic E-state index is 0.781. The summed E-state index contributed by atoms with van der Waals surface area (Å²) in [6, 6.07) is 0. The molecule has 1 fully saturated rings. The normalized spacial score (nSPS) is 35.9. The Labute approximate surface area is 135 Å². The Morgan fingerprint density at radius 2 is 1.58 bits per heavy atom. The number of aliphatic hydroxyl groups is 8. The van der Waals surface area contributed by atoms with Crippen LogP contribution in [0.1, 0.15) is 0 Å². The Hall–Kier alpha value is -0.930. The molecule has 0 aromatic carbocycles. The third kappa shape index (κ3) is 4.58. The van der Waals surface area contributed by atoms with Gasteiger partial charge >= 0.3 is 5.97 Å². The van der Waals surface area contributed by atoms with Gasteiger partial charge < -0.3 is 55.4 Å². The molecule has 1 rings (SSSR count). The van der Waals surface area contributed by atoms with Crippen LogP contribution in [0.4, 0.5) is 0 Å². The average molecular weight is 358 g/mol. The Bertz CT molecular complexity index is 403. The Morgan fingerprint density at radius 3 is 2.04 bits per heavy atom. The van der Waals surface area contributed by atoms with Crippen molar-refractivity contribution in [1.82, 2.24) is 0 Å². The maximum atomic E-state index is 11.2. The number of hydrogen-bond acceptors (Lipinski definition) is 11. The number of carboxylic acids is 1. The minimum Gasteiger partial charge on any atom is -0.479 e. The van der Waals surface area contributed by atoms with Crippen molar-refractivity contribution >= 4 is 5.97 Å². The molecule has 12 heteroatoms. The van der Waals surface area contributed by atoms with Crippen molar-refractivity contribution in [1.29, 1.82) is 0 Å². The molecule has 0 radical (unpaired) electrons. The summed E-state index contributed by atoms with van der Waals surface area (Å²) < 4.78 is 9.76. The Kier molecular flexibility index (Phi) is 7.88. The molecule has 142 valence electrons. The van der Waals surface area contributed by atoms with Gasteiger partial charge in [-0.25, -0.2) is 4.79 Å². The number of ether oxygens (including phenoxy) is 2. The maximum Gasteiger partial charge on any atom is 0.335 e. The fraction of sp³-hybridized carbons (Fsp3) is 0.917. The van der Waals surface area contributed by atoms with E-state index < -0.39 is 74.3 Å². The van der Waals surface area contributed by atoms with Crippen molar-refractivity contribution in [3.8, 4) is 0 Å². The lowest BCUT2D eigenvalue weighted by Gasteiger charge is -2.41. The molecule has 0 bridgehead atoms. The van der Waals surface area contributed by atoms with Gasteiger partial charge in [-0.15, -0.1) is 0 Å². The van der Waals surface area contributed by atoms with Gasteiger partial charge in [0.2, 0.25) is 0 Å². The van der Waals surface area contributed by atoms with Crippen molar-refractivity contribution in [3.05, 3.63) is 0 Å². The second-order valence-corrected chi connectivity index (χ2v) is 5.32. The zero-order valence-electron chi connectivity index (χ0n) is 12.4. The van der Waals surface area contributed by atoms with E-state index in [0.29, 0.717) is 0 Å². The maximum absolute atomic E-state index is 11.2. The van der Waals surface area contributed by atoms with Crippen LogP contribution < -0.4 is 0 Å². The highest BCUT2D eigenvalue weighted by Gasteiger charge is 2.47. The second kappa shape index (κ2) is 8.96. The molecule has 0 aromatic heterocycles. The molecule has 24 heavy (non-hydrogen) atoms. The molecular weight excluding hydrogens is 336 g/mol. The summed E-state index contributed by atoms with van der Waals surface area (Å²) in [6.07, 6.45) is -17.1. The van der Waals surface area contributed by atoms with E-state index in [9.17, 15) is 35.4 Å². The van der Waals surface area contributed by atoms with Crippen LogP contribution in [0.3, 0.4) is 0 Å². The van der Waals surface area contributed by atoms with Crippen molar-refractivity contribution in [2.24, 2.45) is 0 Å². The number of carbonyl (C=O) groups is 1. The van der Waals surface area contributed by atoms with Gasteiger partial charge in [-0.3, -0.25) is 0 Å². The molecule has 0 aromatic rings. The van der Waals surface area contributed by atoms with E-state index >= 15 is 0 Å². The average Bonchev–Trinajstić information content (AvgIpc) is 2.56. The van der Waals surface area contributed by atoms with E-state index in [2.05, 4.69) is 0 Å². The first-order chi connectivity index (χ1) is 11.1. The summed E-state index contributed by atoms with van der Waals surface area (Å²) in [4.78, 5) is 11.2. The first-order valence-electron chi connectivity index (χ1n) is 6.99. The molecule has 1 aliphatic heterocycles. The fourth-order valence-electron chi connectivity index (χ4n) is 2.12. The van der Waals surface area contributed by atoms with E-state index in [-0.39, 0.29) is 0 Å². The molecule has 1 unspecified atom stereocenters. The third-order valence-corrected chi connectivity index (χ3v) is 3.61. The molecule has 1 heterocycles. The van der Waals surface area contributed by atoms with Crippen molar-refractivity contribution < 1.29 is 60.2 Å². The van der Waals surface area contributed by atoms with Crippen molar-refractivity contribution in [2.45, 2.75) is 55.1 Å². The second-order valence-electron chi connectivity index (χ2n) is 5.32. The van der Waals surface area contributed by atoms with Crippen molar-refractivity contribution in [3.63, 3.8) is 0 Å². The molecule has 1 aliphatic rings. The van der Waals surface area contributed by atoms with Gasteiger partial charge in [0.15, 0.2) is 12.4 Å². The van der Waals surface area contributed by atoms with E-state index in [1.807, 2.05) is 0 Å². The lowest BCUT2D eigenvalue weighted by Crippen LogP contribution is -2.61. The first kappa shape index (κ1) is 21.1. The number of hydrogen-bond donors (Lipinski definition) is 9. The molecule has 0 spiro atoms. The summed E-state index contributed by atoms with van der Waals surface area (Å²) in [5, 5.41) is 84.3. The highest BCUT2D eigenvalue weighted by atomic mass is 16.7. The van der Waals surface area contributed by atoms with Crippen LogP contribution in [0.15, 0.2) is 0 Å². The standard InChI is InChI=1S/C12H22O12/c13-1-3(15)5(16)8(19)10(11(21)22)24-12-9(20)7(18)6(17)4(2-14)23-12/h3-10,12-20H,1-2H2,(H,21,22)/t3-,4-,5-,6-,7+,8+,9+,10-,12?/m1/s1. The molecule has 12 nitrogen and oxygen atoms in total. The van der Waals surface area contributed by atoms with E-state index in [1.54, 1.807) is 0 Å². The highest BCUT2D eigenvalue weighted by molar-refractivity contribution is 5.73. The summed E-state index contributed by atoms with van der Waals surface area (Å²) in [5.41, 5.74) is 0. The van der Waals surface area contributed by atoms with Crippen LogP contribution in [0.25, 0.3) is 0 Å². The topological polar surface area (TPSA) is 218 Å². The van der Waals surface area contributed by atoms with Gasteiger partial charge in [-0.2, -0.15) is 0 Å². The third-order valence-electron chi connectivity index (χ3n) is 3.61. The van der Waals surface area contributed by atoms with Gasteiger partial charge in [0.1, 0.15) is 42.7 Å². The van der Waals surface area contributed by atoms with E-state index in [1.165, 1.54) is 0 Å². The summed E-state index contributed by atoms with van der Waals surface area (Å²) in [7, 11) is 0.